The standard InChI is InChI=1S/C19H24N4O2/c1-14-7-5-11-17(20-14)21-18(24)13-22(2)19(25)16-10-6-12-23(16)15-8-3-4-9-15/h5-7,10-12,15H,3-4,8-9,13H2,1-2H3,(H,20,21,24). The van der Waals surface area contributed by atoms with Gasteiger partial charge in [-0.25, -0.2) is 4.98 Å². The molecule has 1 aliphatic rings. The lowest BCUT2D eigenvalue weighted by Gasteiger charge is -2.20. The third-order valence-corrected chi connectivity index (χ3v) is 4.60. The first-order valence-electron chi connectivity index (χ1n) is 8.70. The molecule has 1 N–H and O–H groups in total. The summed E-state index contributed by atoms with van der Waals surface area (Å²) >= 11 is 0. The Bertz CT molecular complexity index is 762. The molecule has 0 unspecified atom stereocenters. The molecular weight excluding hydrogens is 316 g/mol. The van der Waals surface area contributed by atoms with Crippen molar-refractivity contribution in [2.45, 2.75) is 38.6 Å². The number of likely N-dealkylation sites (N-methyl/N-ethyl adjacent to an activating group) is 1. The van der Waals surface area contributed by atoms with E-state index < -0.39 is 0 Å². The number of hydrogen-bond acceptors (Lipinski definition) is 3. The van der Waals surface area contributed by atoms with E-state index >= 15 is 0 Å². The molecule has 0 spiro atoms. The summed E-state index contributed by atoms with van der Waals surface area (Å²) in [5, 5.41) is 2.73. The lowest BCUT2D eigenvalue weighted by atomic mass is 10.2. The summed E-state index contributed by atoms with van der Waals surface area (Å²) < 4.78 is 2.06. The lowest BCUT2D eigenvalue weighted by Crippen LogP contribution is -2.36. The molecule has 1 aliphatic carbocycles. The molecule has 3 rings (SSSR count). The van der Waals surface area contributed by atoms with Crippen LogP contribution in [0.25, 0.3) is 0 Å². The zero-order valence-electron chi connectivity index (χ0n) is 14.7. The summed E-state index contributed by atoms with van der Waals surface area (Å²) in [6.07, 6.45) is 6.60. The van der Waals surface area contributed by atoms with Crippen LogP contribution >= 0.6 is 0 Å². The number of pyridine rings is 1. The van der Waals surface area contributed by atoms with Crippen LogP contribution < -0.4 is 5.32 Å². The van der Waals surface area contributed by atoms with E-state index in [-0.39, 0.29) is 18.4 Å². The van der Waals surface area contributed by atoms with Gasteiger partial charge in [-0.2, -0.15) is 0 Å². The molecular formula is C19H24N4O2. The number of hydrogen-bond donors (Lipinski definition) is 1. The van der Waals surface area contributed by atoms with Crippen molar-refractivity contribution in [3.05, 3.63) is 47.9 Å². The normalized spacial score (nSPS) is 14.5. The van der Waals surface area contributed by atoms with Gasteiger partial charge in [0.15, 0.2) is 0 Å². The van der Waals surface area contributed by atoms with Crippen LogP contribution in [0.15, 0.2) is 36.5 Å². The topological polar surface area (TPSA) is 67.2 Å². The minimum Gasteiger partial charge on any atom is -0.340 e. The van der Waals surface area contributed by atoms with Crippen molar-refractivity contribution in [2.24, 2.45) is 0 Å². The number of aromatic nitrogens is 2. The van der Waals surface area contributed by atoms with Crippen molar-refractivity contribution < 1.29 is 9.59 Å². The molecule has 1 fully saturated rings. The van der Waals surface area contributed by atoms with E-state index in [1.54, 1.807) is 13.1 Å². The minimum atomic E-state index is -0.257. The van der Waals surface area contributed by atoms with Gasteiger partial charge >= 0.3 is 0 Å². The van der Waals surface area contributed by atoms with Gasteiger partial charge < -0.3 is 14.8 Å². The Morgan fingerprint density at radius 2 is 2.00 bits per heavy atom. The van der Waals surface area contributed by atoms with E-state index in [2.05, 4.69) is 14.9 Å². The molecule has 0 bridgehead atoms. The maximum atomic E-state index is 12.7. The Morgan fingerprint density at radius 1 is 1.24 bits per heavy atom. The minimum absolute atomic E-state index is 0.00962. The van der Waals surface area contributed by atoms with Crippen molar-refractivity contribution in [2.75, 3.05) is 18.9 Å². The summed E-state index contributed by atoms with van der Waals surface area (Å²) in [4.78, 5) is 30.6. The highest BCUT2D eigenvalue weighted by atomic mass is 16.2. The number of anilines is 1. The van der Waals surface area contributed by atoms with Gasteiger partial charge in [0, 0.05) is 25.0 Å². The predicted molar refractivity (Wildman–Crippen MR) is 96.5 cm³/mol. The Hall–Kier alpha value is -2.63. The fraction of sp³-hybridized carbons (Fsp3) is 0.421. The number of nitrogens with zero attached hydrogens (tertiary/aromatic N) is 3. The van der Waals surface area contributed by atoms with Crippen LogP contribution in [0.2, 0.25) is 0 Å². The van der Waals surface area contributed by atoms with Gasteiger partial charge in [-0.3, -0.25) is 9.59 Å². The first kappa shape index (κ1) is 17.2. The van der Waals surface area contributed by atoms with Gasteiger partial charge in [-0.15, -0.1) is 0 Å². The van der Waals surface area contributed by atoms with E-state index in [1.807, 2.05) is 37.4 Å². The fourth-order valence-corrected chi connectivity index (χ4v) is 3.35. The Kier molecular flexibility index (Phi) is 5.16. The SMILES string of the molecule is Cc1cccc(NC(=O)CN(C)C(=O)c2cccn2C2CCCC2)n1. The van der Waals surface area contributed by atoms with Crippen LogP contribution in [0.1, 0.15) is 47.9 Å². The summed E-state index contributed by atoms with van der Waals surface area (Å²) in [5.74, 6) is 0.109. The van der Waals surface area contributed by atoms with Gasteiger partial charge in [0.25, 0.3) is 5.91 Å². The number of nitrogens with one attached hydrogen (secondary N) is 1. The van der Waals surface area contributed by atoms with Crippen LogP contribution in [-0.4, -0.2) is 39.9 Å². The lowest BCUT2D eigenvalue weighted by molar-refractivity contribution is -0.116. The molecule has 2 aromatic rings. The maximum Gasteiger partial charge on any atom is 0.270 e. The van der Waals surface area contributed by atoms with Gasteiger partial charge in [-0.1, -0.05) is 18.9 Å². The molecule has 2 heterocycles. The average molecular weight is 340 g/mol. The molecule has 2 aromatic heterocycles. The zero-order chi connectivity index (χ0) is 17.8. The molecule has 132 valence electrons. The summed E-state index contributed by atoms with van der Waals surface area (Å²) in [7, 11) is 1.65. The summed E-state index contributed by atoms with van der Waals surface area (Å²) in [6.45, 7) is 1.85. The predicted octanol–water partition coefficient (Wildman–Crippen LogP) is 3.02. The summed E-state index contributed by atoms with van der Waals surface area (Å²) in [5.41, 5.74) is 1.48. The second-order valence-corrected chi connectivity index (χ2v) is 6.61. The van der Waals surface area contributed by atoms with Gasteiger partial charge in [0.05, 0.1) is 6.54 Å². The molecule has 25 heavy (non-hydrogen) atoms. The Labute approximate surface area is 147 Å². The second-order valence-electron chi connectivity index (χ2n) is 6.61. The molecule has 6 nitrogen and oxygen atoms in total. The van der Waals surface area contributed by atoms with Crippen LogP contribution in [0.5, 0.6) is 0 Å². The quantitative estimate of drug-likeness (QED) is 0.910. The second kappa shape index (κ2) is 7.51. The molecule has 0 aliphatic heterocycles. The number of amides is 2. The maximum absolute atomic E-state index is 12.7. The number of carbonyl (C=O) groups excluding carboxylic acids is 2. The van der Waals surface area contributed by atoms with Crippen LogP contribution in [0.4, 0.5) is 5.82 Å². The third kappa shape index (κ3) is 4.07. The molecule has 1 saturated carbocycles. The average Bonchev–Trinajstić information content (AvgIpc) is 3.25. The van der Waals surface area contributed by atoms with Crippen molar-refractivity contribution in [3.8, 4) is 0 Å². The van der Waals surface area contributed by atoms with Gasteiger partial charge in [-0.05, 0) is 44.0 Å². The van der Waals surface area contributed by atoms with Gasteiger partial charge in [0.1, 0.15) is 11.5 Å². The zero-order valence-corrected chi connectivity index (χ0v) is 14.7. The number of rotatable bonds is 5. The Morgan fingerprint density at radius 3 is 2.72 bits per heavy atom. The van der Waals surface area contributed by atoms with Gasteiger partial charge in [0.2, 0.25) is 5.91 Å². The monoisotopic (exact) mass is 340 g/mol. The van der Waals surface area contributed by atoms with E-state index in [9.17, 15) is 9.59 Å². The number of aryl methyl sites for hydroxylation is 1. The van der Waals surface area contributed by atoms with Crippen molar-refractivity contribution in [3.63, 3.8) is 0 Å². The molecule has 0 atom stereocenters. The van der Waals surface area contributed by atoms with Crippen molar-refractivity contribution in [1.82, 2.24) is 14.5 Å². The van der Waals surface area contributed by atoms with Crippen LogP contribution in [-0.2, 0) is 4.79 Å². The van der Waals surface area contributed by atoms with Crippen molar-refractivity contribution >= 4 is 17.6 Å². The van der Waals surface area contributed by atoms with E-state index in [4.69, 9.17) is 0 Å². The van der Waals surface area contributed by atoms with Crippen LogP contribution in [0, 0.1) is 6.92 Å². The molecule has 0 aromatic carbocycles. The molecule has 6 heteroatoms. The van der Waals surface area contributed by atoms with E-state index in [1.165, 1.54) is 17.7 Å². The highest BCUT2D eigenvalue weighted by Gasteiger charge is 2.23. The van der Waals surface area contributed by atoms with Crippen molar-refractivity contribution in [1.29, 1.82) is 0 Å². The highest BCUT2D eigenvalue weighted by Crippen LogP contribution is 2.30. The number of carbonyl (C=O) groups is 2. The molecule has 0 radical (unpaired) electrons. The molecule has 0 saturated heterocycles. The largest absolute Gasteiger partial charge is 0.340 e. The van der Waals surface area contributed by atoms with E-state index in [0.29, 0.717) is 17.6 Å². The summed E-state index contributed by atoms with van der Waals surface area (Å²) in [6, 6.07) is 9.56. The highest BCUT2D eigenvalue weighted by molar-refractivity contribution is 5.98. The first-order valence-corrected chi connectivity index (χ1v) is 8.70. The fourth-order valence-electron chi connectivity index (χ4n) is 3.35. The smallest absolute Gasteiger partial charge is 0.270 e. The van der Waals surface area contributed by atoms with E-state index in [0.717, 1.165) is 18.5 Å². The van der Waals surface area contributed by atoms with Crippen LogP contribution in [0.3, 0.4) is 0 Å². The molecule has 2 amide bonds. The first-order chi connectivity index (χ1) is 12.0. The third-order valence-electron chi connectivity index (χ3n) is 4.60. The Balaban J connectivity index is 1.63.